The average molecular weight is 375 g/mol. The van der Waals surface area contributed by atoms with Crippen molar-refractivity contribution in [1.82, 2.24) is 9.97 Å². The quantitative estimate of drug-likeness (QED) is 0.685. The summed E-state index contributed by atoms with van der Waals surface area (Å²) in [6.45, 7) is 2.27. The molecule has 3 rings (SSSR count). The van der Waals surface area contributed by atoms with Crippen molar-refractivity contribution in [3.05, 3.63) is 83.1 Å². The van der Waals surface area contributed by atoms with Crippen LogP contribution in [0.3, 0.4) is 0 Å². The fraction of sp³-hybridized carbons (Fsp3) is 0.143. The molecular weight excluding hydrogens is 357 g/mol. The van der Waals surface area contributed by atoms with Gasteiger partial charge < -0.3 is 10.6 Å². The van der Waals surface area contributed by atoms with Crippen LogP contribution in [0.4, 0.5) is 15.9 Å². The molecule has 0 bridgehead atoms. The number of aromatic nitrogens is 2. The summed E-state index contributed by atoms with van der Waals surface area (Å²) in [5.74, 6) is 0.283. The molecule has 1 heterocycles. The number of nitrogens with one attached hydrogen (secondary N) is 2. The zero-order chi connectivity index (χ0) is 19.9. The number of carbonyl (C=O) groups excluding carboxylic acids is 1. The number of para-hydroxylation sites is 1. The van der Waals surface area contributed by atoms with E-state index < -0.39 is 5.91 Å². The summed E-state index contributed by atoms with van der Waals surface area (Å²) >= 11 is 0. The Labute approximate surface area is 162 Å². The summed E-state index contributed by atoms with van der Waals surface area (Å²) in [5, 5.41) is 15.0. The first-order valence-corrected chi connectivity index (χ1v) is 8.69. The third-order valence-corrected chi connectivity index (χ3v) is 4.00. The molecule has 0 atom stereocenters. The van der Waals surface area contributed by atoms with Crippen LogP contribution < -0.4 is 10.6 Å². The second kappa shape index (κ2) is 8.73. The van der Waals surface area contributed by atoms with Gasteiger partial charge in [0, 0.05) is 12.6 Å². The van der Waals surface area contributed by atoms with Crippen molar-refractivity contribution in [1.29, 1.82) is 5.26 Å². The van der Waals surface area contributed by atoms with Gasteiger partial charge in [-0.1, -0.05) is 24.3 Å². The number of nitrogens with zero attached hydrogens (tertiary/aromatic N) is 3. The normalized spacial score (nSPS) is 10.2. The van der Waals surface area contributed by atoms with E-state index in [0.717, 1.165) is 5.56 Å². The predicted molar refractivity (Wildman–Crippen MR) is 104 cm³/mol. The van der Waals surface area contributed by atoms with Crippen LogP contribution in [0.15, 0.2) is 54.6 Å². The van der Waals surface area contributed by atoms with E-state index in [0.29, 0.717) is 35.9 Å². The lowest BCUT2D eigenvalue weighted by Crippen LogP contribution is -2.17. The number of benzene rings is 2. The summed E-state index contributed by atoms with van der Waals surface area (Å²) < 4.78 is 13.0. The number of amides is 1. The molecular formula is C21H18FN5O. The molecule has 0 aliphatic rings. The molecule has 7 heteroatoms. The Morgan fingerprint density at radius 3 is 2.64 bits per heavy atom. The van der Waals surface area contributed by atoms with Gasteiger partial charge in [0.15, 0.2) is 0 Å². The minimum Gasteiger partial charge on any atom is -0.370 e. The van der Waals surface area contributed by atoms with Gasteiger partial charge in [-0.15, -0.1) is 0 Å². The third kappa shape index (κ3) is 4.89. The Morgan fingerprint density at radius 1 is 1.14 bits per heavy atom. The Balaban J connectivity index is 1.67. The maximum Gasteiger partial charge on any atom is 0.274 e. The number of rotatable bonds is 6. The number of nitriles is 1. The first-order valence-electron chi connectivity index (χ1n) is 8.69. The van der Waals surface area contributed by atoms with Crippen LogP contribution in [-0.4, -0.2) is 22.4 Å². The van der Waals surface area contributed by atoms with Crippen molar-refractivity contribution in [3.8, 4) is 6.07 Å². The summed E-state index contributed by atoms with van der Waals surface area (Å²) in [4.78, 5) is 21.0. The van der Waals surface area contributed by atoms with Crippen molar-refractivity contribution in [2.24, 2.45) is 0 Å². The van der Waals surface area contributed by atoms with Gasteiger partial charge in [-0.2, -0.15) is 5.26 Å². The summed E-state index contributed by atoms with van der Waals surface area (Å²) in [6, 6.07) is 16.7. The van der Waals surface area contributed by atoms with Gasteiger partial charge in [-0.3, -0.25) is 4.79 Å². The molecule has 0 aliphatic carbocycles. The van der Waals surface area contributed by atoms with Gasteiger partial charge in [0.1, 0.15) is 29.2 Å². The molecule has 0 aliphatic heterocycles. The second-order valence-corrected chi connectivity index (χ2v) is 6.10. The highest BCUT2D eigenvalue weighted by atomic mass is 19.1. The number of anilines is 2. The van der Waals surface area contributed by atoms with Crippen molar-refractivity contribution in [3.63, 3.8) is 0 Å². The molecule has 140 valence electrons. The molecule has 0 saturated carbocycles. The lowest BCUT2D eigenvalue weighted by Gasteiger charge is -2.10. The maximum atomic E-state index is 13.0. The van der Waals surface area contributed by atoms with Crippen LogP contribution >= 0.6 is 0 Å². The van der Waals surface area contributed by atoms with Gasteiger partial charge in [0.05, 0.1) is 11.3 Å². The molecule has 0 fully saturated rings. The zero-order valence-electron chi connectivity index (χ0n) is 15.2. The fourth-order valence-electron chi connectivity index (χ4n) is 2.64. The monoisotopic (exact) mass is 375 g/mol. The SMILES string of the molecule is Cc1nc(NCCc2ccc(F)cc2)cc(C(=O)Nc2ccccc2C#N)n1. The van der Waals surface area contributed by atoms with Crippen molar-refractivity contribution in [2.45, 2.75) is 13.3 Å². The predicted octanol–water partition coefficient (Wildman–Crippen LogP) is 3.70. The van der Waals surface area contributed by atoms with Gasteiger partial charge >= 0.3 is 0 Å². The molecule has 0 unspecified atom stereocenters. The highest BCUT2D eigenvalue weighted by Crippen LogP contribution is 2.15. The van der Waals surface area contributed by atoms with E-state index in [1.54, 1.807) is 49.4 Å². The van der Waals surface area contributed by atoms with E-state index in [2.05, 4.69) is 20.6 Å². The Kier molecular flexibility index (Phi) is 5.92. The number of halogens is 1. The lowest BCUT2D eigenvalue weighted by molar-refractivity contribution is 0.102. The Hall–Kier alpha value is -3.79. The van der Waals surface area contributed by atoms with E-state index in [-0.39, 0.29) is 11.5 Å². The standard InChI is InChI=1S/C21H18FN5O/c1-14-25-19(21(28)27-18-5-3-2-4-16(18)13-23)12-20(26-14)24-11-10-15-6-8-17(22)9-7-15/h2-9,12H,10-11H2,1H3,(H,27,28)(H,24,25,26). The van der Waals surface area contributed by atoms with Gasteiger partial charge in [-0.25, -0.2) is 14.4 Å². The van der Waals surface area contributed by atoms with E-state index in [1.807, 2.05) is 6.07 Å². The molecule has 0 spiro atoms. The highest BCUT2D eigenvalue weighted by Gasteiger charge is 2.12. The number of aryl methyl sites for hydroxylation is 1. The smallest absolute Gasteiger partial charge is 0.274 e. The van der Waals surface area contributed by atoms with Crippen LogP contribution in [0, 0.1) is 24.1 Å². The molecule has 1 aromatic heterocycles. The van der Waals surface area contributed by atoms with Crippen LogP contribution in [0.2, 0.25) is 0 Å². The van der Waals surface area contributed by atoms with Crippen LogP contribution in [0.1, 0.15) is 27.4 Å². The minimum atomic E-state index is -0.421. The molecule has 6 nitrogen and oxygen atoms in total. The Morgan fingerprint density at radius 2 is 1.89 bits per heavy atom. The number of hydrogen-bond donors (Lipinski definition) is 2. The van der Waals surface area contributed by atoms with Gasteiger partial charge in [0.2, 0.25) is 0 Å². The number of hydrogen-bond acceptors (Lipinski definition) is 5. The van der Waals surface area contributed by atoms with Crippen LogP contribution in [0.25, 0.3) is 0 Å². The molecule has 0 saturated heterocycles. The first kappa shape index (κ1) is 19.0. The van der Waals surface area contributed by atoms with Crippen LogP contribution in [0.5, 0.6) is 0 Å². The largest absolute Gasteiger partial charge is 0.370 e. The zero-order valence-corrected chi connectivity index (χ0v) is 15.2. The molecule has 28 heavy (non-hydrogen) atoms. The lowest BCUT2D eigenvalue weighted by atomic mass is 10.1. The van der Waals surface area contributed by atoms with Crippen molar-refractivity contribution >= 4 is 17.4 Å². The van der Waals surface area contributed by atoms with Crippen LogP contribution in [-0.2, 0) is 6.42 Å². The van der Waals surface area contributed by atoms with E-state index in [4.69, 9.17) is 5.26 Å². The Bertz CT molecular complexity index is 1030. The average Bonchev–Trinajstić information content (AvgIpc) is 2.69. The maximum absolute atomic E-state index is 13.0. The van der Waals surface area contributed by atoms with Crippen molar-refractivity contribution < 1.29 is 9.18 Å². The van der Waals surface area contributed by atoms with E-state index >= 15 is 0 Å². The molecule has 0 radical (unpaired) electrons. The van der Waals surface area contributed by atoms with Gasteiger partial charge in [-0.05, 0) is 43.2 Å². The molecule has 3 aromatic rings. The minimum absolute atomic E-state index is 0.199. The van der Waals surface area contributed by atoms with Crippen molar-refractivity contribution in [2.75, 3.05) is 17.2 Å². The van der Waals surface area contributed by atoms with Gasteiger partial charge in [0.25, 0.3) is 5.91 Å². The summed E-state index contributed by atoms with van der Waals surface area (Å²) in [7, 11) is 0. The third-order valence-electron chi connectivity index (χ3n) is 4.00. The molecule has 1 amide bonds. The molecule has 2 aromatic carbocycles. The topological polar surface area (TPSA) is 90.7 Å². The first-order chi connectivity index (χ1) is 13.5. The molecule has 2 N–H and O–H groups in total. The van der Waals surface area contributed by atoms with E-state index in [9.17, 15) is 9.18 Å². The highest BCUT2D eigenvalue weighted by molar-refractivity contribution is 6.03. The summed E-state index contributed by atoms with van der Waals surface area (Å²) in [6.07, 6.45) is 0.681. The van der Waals surface area contributed by atoms with E-state index in [1.165, 1.54) is 12.1 Å². The second-order valence-electron chi connectivity index (χ2n) is 6.10. The number of carbonyl (C=O) groups is 1. The fourth-order valence-corrected chi connectivity index (χ4v) is 2.64. The summed E-state index contributed by atoms with van der Waals surface area (Å²) in [5.41, 5.74) is 1.99.